The van der Waals surface area contributed by atoms with E-state index in [1.807, 2.05) is 0 Å². The van der Waals surface area contributed by atoms with Gasteiger partial charge < -0.3 is 5.41 Å². The van der Waals surface area contributed by atoms with Gasteiger partial charge >= 0.3 is 0 Å². The van der Waals surface area contributed by atoms with Crippen LogP contribution in [0.3, 0.4) is 0 Å². The van der Waals surface area contributed by atoms with Crippen LogP contribution in [0.5, 0.6) is 0 Å². The first kappa shape index (κ1) is 14.4. The molecule has 0 saturated carbocycles. The lowest BCUT2D eigenvalue weighted by Crippen LogP contribution is -2.33. The molecule has 0 spiro atoms. The first-order chi connectivity index (χ1) is 6.69. The number of hydrogen-bond donors (Lipinski definition) is 1. The van der Waals surface area contributed by atoms with Crippen LogP contribution < -0.4 is 0 Å². The highest BCUT2D eigenvalue weighted by Crippen LogP contribution is 2.31. The first-order valence-corrected chi connectivity index (χ1v) is 5.91. The Morgan fingerprint density at radius 2 is 1.67 bits per heavy atom. The Labute approximate surface area is 95.5 Å². The monoisotopic (exact) mass is 209 g/mol. The van der Waals surface area contributed by atoms with Crippen molar-refractivity contribution in [3.05, 3.63) is 11.6 Å². The minimum absolute atomic E-state index is 0.0227. The standard InChI is InChI=1S/C14H27N/c1-10(2)8-9-12(5)13(15)14(6,7)11(3)4/h8,11-12,15H,9H2,1-7H3. The van der Waals surface area contributed by atoms with Gasteiger partial charge in [0.15, 0.2) is 0 Å². The second-order valence-corrected chi connectivity index (χ2v) is 5.71. The van der Waals surface area contributed by atoms with Crippen molar-refractivity contribution in [1.29, 1.82) is 5.41 Å². The summed E-state index contributed by atoms with van der Waals surface area (Å²) in [5.74, 6) is 0.886. The molecule has 0 fully saturated rings. The first-order valence-electron chi connectivity index (χ1n) is 5.91. The highest BCUT2D eigenvalue weighted by Gasteiger charge is 2.30. The molecular weight excluding hydrogens is 182 g/mol. The zero-order valence-corrected chi connectivity index (χ0v) is 11.4. The summed E-state index contributed by atoms with van der Waals surface area (Å²) in [6.45, 7) is 15.1. The van der Waals surface area contributed by atoms with E-state index in [2.05, 4.69) is 54.5 Å². The minimum Gasteiger partial charge on any atom is -0.309 e. The van der Waals surface area contributed by atoms with Gasteiger partial charge in [-0.3, -0.25) is 0 Å². The van der Waals surface area contributed by atoms with E-state index in [0.717, 1.165) is 12.1 Å². The molecule has 0 aliphatic heterocycles. The molecule has 1 heteroatoms. The van der Waals surface area contributed by atoms with Gasteiger partial charge in [-0.15, -0.1) is 0 Å². The summed E-state index contributed by atoms with van der Waals surface area (Å²) in [6.07, 6.45) is 3.23. The van der Waals surface area contributed by atoms with E-state index in [4.69, 9.17) is 5.41 Å². The lowest BCUT2D eigenvalue weighted by atomic mass is 9.72. The van der Waals surface area contributed by atoms with Crippen LogP contribution in [0.1, 0.15) is 54.9 Å². The van der Waals surface area contributed by atoms with Gasteiger partial charge in [0.2, 0.25) is 0 Å². The molecule has 0 saturated heterocycles. The number of hydrogen-bond acceptors (Lipinski definition) is 1. The Morgan fingerprint density at radius 3 is 2.00 bits per heavy atom. The van der Waals surface area contributed by atoms with E-state index in [1.165, 1.54) is 5.57 Å². The Bertz CT molecular complexity index is 242. The SMILES string of the molecule is CC(C)=CCC(C)C(=N)C(C)(C)C(C)C. The summed E-state index contributed by atoms with van der Waals surface area (Å²) in [4.78, 5) is 0. The van der Waals surface area contributed by atoms with E-state index in [9.17, 15) is 0 Å². The van der Waals surface area contributed by atoms with Gasteiger partial charge in [-0.05, 0) is 32.1 Å². The highest BCUT2D eigenvalue weighted by atomic mass is 14.5. The quantitative estimate of drug-likeness (QED) is 0.502. The summed E-state index contributed by atoms with van der Waals surface area (Å²) >= 11 is 0. The maximum atomic E-state index is 8.24. The summed E-state index contributed by atoms with van der Waals surface area (Å²) in [5.41, 5.74) is 2.25. The fourth-order valence-corrected chi connectivity index (χ4v) is 1.48. The van der Waals surface area contributed by atoms with Gasteiger partial charge in [0.05, 0.1) is 0 Å². The predicted molar refractivity (Wildman–Crippen MR) is 69.6 cm³/mol. The largest absolute Gasteiger partial charge is 0.309 e. The maximum absolute atomic E-state index is 8.24. The van der Waals surface area contributed by atoms with Crippen LogP contribution >= 0.6 is 0 Å². The van der Waals surface area contributed by atoms with E-state index >= 15 is 0 Å². The molecule has 0 radical (unpaired) electrons. The summed E-state index contributed by atoms with van der Waals surface area (Å²) in [6, 6.07) is 0. The summed E-state index contributed by atoms with van der Waals surface area (Å²) < 4.78 is 0. The topological polar surface area (TPSA) is 23.9 Å². The second kappa shape index (κ2) is 5.48. The average molecular weight is 209 g/mol. The van der Waals surface area contributed by atoms with E-state index in [0.29, 0.717) is 11.8 Å². The van der Waals surface area contributed by atoms with E-state index < -0.39 is 0 Å². The number of rotatable bonds is 5. The normalized spacial score (nSPS) is 13.9. The molecule has 1 N–H and O–H groups in total. The van der Waals surface area contributed by atoms with Crippen molar-refractivity contribution in [2.45, 2.75) is 54.9 Å². The Hall–Kier alpha value is -0.590. The zero-order chi connectivity index (χ0) is 12.2. The van der Waals surface area contributed by atoms with E-state index in [-0.39, 0.29) is 5.41 Å². The molecule has 1 unspecified atom stereocenters. The minimum atomic E-state index is 0.0227. The maximum Gasteiger partial charge on any atom is 0.0179 e. The highest BCUT2D eigenvalue weighted by molar-refractivity contribution is 5.89. The van der Waals surface area contributed by atoms with Gasteiger partial charge in [-0.1, -0.05) is 46.3 Å². The average Bonchev–Trinajstić information content (AvgIpc) is 2.12. The number of allylic oxidation sites excluding steroid dienone is 2. The summed E-state index contributed by atoms with van der Waals surface area (Å²) in [7, 11) is 0. The van der Waals surface area contributed by atoms with Crippen molar-refractivity contribution in [2.75, 3.05) is 0 Å². The van der Waals surface area contributed by atoms with Gasteiger partial charge in [-0.2, -0.15) is 0 Å². The fraction of sp³-hybridized carbons (Fsp3) is 0.786. The third-order valence-corrected chi connectivity index (χ3v) is 3.51. The van der Waals surface area contributed by atoms with Crippen LogP contribution in [0, 0.1) is 22.7 Å². The molecule has 0 aromatic carbocycles. The third-order valence-electron chi connectivity index (χ3n) is 3.51. The van der Waals surface area contributed by atoms with Gasteiger partial charge in [-0.25, -0.2) is 0 Å². The molecular formula is C14H27N. The molecule has 0 aromatic rings. The third kappa shape index (κ3) is 4.19. The van der Waals surface area contributed by atoms with Crippen LogP contribution in [0.15, 0.2) is 11.6 Å². The Kier molecular flexibility index (Phi) is 5.27. The second-order valence-electron chi connectivity index (χ2n) is 5.71. The smallest absolute Gasteiger partial charge is 0.0179 e. The molecule has 0 heterocycles. The van der Waals surface area contributed by atoms with Crippen LogP contribution in [0.2, 0.25) is 0 Å². The van der Waals surface area contributed by atoms with Crippen molar-refractivity contribution in [3.63, 3.8) is 0 Å². The van der Waals surface area contributed by atoms with Crippen molar-refractivity contribution >= 4 is 5.71 Å². The van der Waals surface area contributed by atoms with Crippen molar-refractivity contribution in [3.8, 4) is 0 Å². The molecule has 0 bridgehead atoms. The van der Waals surface area contributed by atoms with Crippen LogP contribution in [0.25, 0.3) is 0 Å². The van der Waals surface area contributed by atoms with Crippen molar-refractivity contribution in [1.82, 2.24) is 0 Å². The van der Waals surface area contributed by atoms with Gasteiger partial charge in [0, 0.05) is 11.1 Å². The molecule has 15 heavy (non-hydrogen) atoms. The molecule has 0 aromatic heterocycles. The van der Waals surface area contributed by atoms with Gasteiger partial charge in [0.1, 0.15) is 0 Å². The Balaban J connectivity index is 4.51. The van der Waals surface area contributed by atoms with Crippen LogP contribution in [0.4, 0.5) is 0 Å². The fourth-order valence-electron chi connectivity index (χ4n) is 1.48. The van der Waals surface area contributed by atoms with Crippen molar-refractivity contribution < 1.29 is 0 Å². The van der Waals surface area contributed by atoms with Crippen LogP contribution in [-0.2, 0) is 0 Å². The zero-order valence-electron chi connectivity index (χ0n) is 11.4. The molecule has 1 nitrogen and oxygen atoms in total. The van der Waals surface area contributed by atoms with Crippen molar-refractivity contribution in [2.24, 2.45) is 17.3 Å². The molecule has 0 aliphatic carbocycles. The van der Waals surface area contributed by atoms with Gasteiger partial charge in [0.25, 0.3) is 0 Å². The lowest BCUT2D eigenvalue weighted by molar-refractivity contribution is 0.348. The Morgan fingerprint density at radius 1 is 1.20 bits per heavy atom. The lowest BCUT2D eigenvalue weighted by Gasteiger charge is -2.33. The molecule has 1 atom stereocenters. The molecule has 0 amide bonds. The predicted octanol–water partition coefficient (Wildman–Crippen LogP) is 4.68. The van der Waals surface area contributed by atoms with Crippen LogP contribution in [-0.4, -0.2) is 5.71 Å². The van der Waals surface area contributed by atoms with E-state index in [1.54, 1.807) is 0 Å². The molecule has 0 rings (SSSR count). The number of nitrogens with one attached hydrogen (secondary N) is 1. The molecule has 0 aliphatic rings. The molecule has 88 valence electrons. The summed E-state index contributed by atoms with van der Waals surface area (Å²) in [5, 5.41) is 8.24.